The number of phenolic OH excluding ortho intramolecular Hbond substituents is 1. The van der Waals surface area contributed by atoms with Crippen molar-refractivity contribution >= 4 is 0 Å². The second-order valence-electron chi connectivity index (χ2n) is 5.43. The Balaban J connectivity index is 2.05. The summed E-state index contributed by atoms with van der Waals surface area (Å²) in [6, 6.07) is 6.27. The standard InChI is InChI=1S/C15H23NO2/c1-10-6-7-13(15(18)8-10)11(2)16-14-5-3-4-12(14)9-17/h6-8,11-12,14,16-18H,3-5,9H2,1-2H3. The van der Waals surface area contributed by atoms with Gasteiger partial charge in [0.2, 0.25) is 0 Å². The third-order valence-electron chi connectivity index (χ3n) is 4.01. The molecular weight excluding hydrogens is 226 g/mol. The van der Waals surface area contributed by atoms with Crippen molar-refractivity contribution in [2.45, 2.75) is 45.2 Å². The third kappa shape index (κ3) is 2.85. The van der Waals surface area contributed by atoms with Gasteiger partial charge in [-0.3, -0.25) is 0 Å². The highest BCUT2D eigenvalue weighted by Crippen LogP contribution is 2.30. The Kier molecular flexibility index (Phi) is 4.25. The van der Waals surface area contributed by atoms with Crippen LogP contribution >= 0.6 is 0 Å². The number of aromatic hydroxyl groups is 1. The van der Waals surface area contributed by atoms with Crippen LogP contribution in [0.5, 0.6) is 5.75 Å². The molecule has 0 saturated heterocycles. The SMILES string of the molecule is Cc1ccc(C(C)NC2CCCC2CO)c(O)c1. The number of nitrogens with one attached hydrogen (secondary N) is 1. The summed E-state index contributed by atoms with van der Waals surface area (Å²) in [6.07, 6.45) is 3.39. The summed E-state index contributed by atoms with van der Waals surface area (Å²) in [4.78, 5) is 0. The van der Waals surface area contributed by atoms with Gasteiger partial charge in [0, 0.05) is 24.3 Å². The fourth-order valence-electron chi connectivity index (χ4n) is 2.91. The Bertz CT molecular complexity index is 405. The molecule has 1 aliphatic carbocycles. The number of benzene rings is 1. The Morgan fingerprint density at radius 1 is 1.39 bits per heavy atom. The number of hydrogen-bond donors (Lipinski definition) is 3. The second-order valence-corrected chi connectivity index (χ2v) is 5.43. The molecule has 18 heavy (non-hydrogen) atoms. The van der Waals surface area contributed by atoms with E-state index in [1.807, 2.05) is 19.1 Å². The van der Waals surface area contributed by atoms with Crippen molar-refractivity contribution in [3.63, 3.8) is 0 Å². The van der Waals surface area contributed by atoms with Gasteiger partial charge in [-0.1, -0.05) is 18.6 Å². The van der Waals surface area contributed by atoms with Crippen LogP contribution in [0.4, 0.5) is 0 Å². The van der Waals surface area contributed by atoms with Crippen LogP contribution < -0.4 is 5.32 Å². The van der Waals surface area contributed by atoms with Gasteiger partial charge in [0.1, 0.15) is 5.75 Å². The molecule has 1 aromatic carbocycles. The molecule has 0 heterocycles. The summed E-state index contributed by atoms with van der Waals surface area (Å²) >= 11 is 0. The maximum Gasteiger partial charge on any atom is 0.120 e. The predicted molar refractivity (Wildman–Crippen MR) is 72.6 cm³/mol. The number of aliphatic hydroxyl groups excluding tert-OH is 1. The van der Waals surface area contributed by atoms with E-state index in [1.54, 1.807) is 6.07 Å². The van der Waals surface area contributed by atoms with Crippen LogP contribution in [0.2, 0.25) is 0 Å². The summed E-state index contributed by atoms with van der Waals surface area (Å²) in [6.45, 7) is 4.29. The van der Waals surface area contributed by atoms with Crippen LogP contribution in [-0.2, 0) is 0 Å². The van der Waals surface area contributed by atoms with E-state index < -0.39 is 0 Å². The number of aliphatic hydroxyl groups is 1. The van der Waals surface area contributed by atoms with Crippen LogP contribution in [0, 0.1) is 12.8 Å². The highest BCUT2D eigenvalue weighted by molar-refractivity contribution is 5.37. The predicted octanol–water partition coefficient (Wildman–Crippen LogP) is 2.51. The molecule has 1 aromatic rings. The molecule has 0 bridgehead atoms. The first-order chi connectivity index (χ1) is 8.61. The lowest BCUT2D eigenvalue weighted by molar-refractivity contribution is 0.200. The molecule has 0 aliphatic heterocycles. The maximum atomic E-state index is 9.97. The molecule has 2 rings (SSSR count). The van der Waals surface area contributed by atoms with Crippen molar-refractivity contribution in [2.75, 3.05) is 6.61 Å². The van der Waals surface area contributed by atoms with Crippen LogP contribution in [0.3, 0.4) is 0 Å². The minimum Gasteiger partial charge on any atom is -0.508 e. The van der Waals surface area contributed by atoms with Crippen molar-refractivity contribution in [2.24, 2.45) is 5.92 Å². The zero-order valence-electron chi connectivity index (χ0n) is 11.2. The van der Waals surface area contributed by atoms with E-state index in [-0.39, 0.29) is 12.6 Å². The van der Waals surface area contributed by atoms with E-state index in [4.69, 9.17) is 0 Å². The second kappa shape index (κ2) is 5.72. The Hall–Kier alpha value is -1.06. The van der Waals surface area contributed by atoms with Gasteiger partial charge < -0.3 is 15.5 Å². The normalized spacial score (nSPS) is 25.3. The summed E-state index contributed by atoms with van der Waals surface area (Å²) in [5.74, 6) is 0.716. The first-order valence-corrected chi connectivity index (χ1v) is 6.78. The van der Waals surface area contributed by atoms with Crippen molar-refractivity contribution in [3.05, 3.63) is 29.3 Å². The van der Waals surface area contributed by atoms with Gasteiger partial charge in [-0.25, -0.2) is 0 Å². The van der Waals surface area contributed by atoms with Crippen LogP contribution in [-0.4, -0.2) is 22.9 Å². The Labute approximate surface area is 109 Å². The maximum absolute atomic E-state index is 9.97. The Morgan fingerprint density at radius 3 is 2.83 bits per heavy atom. The summed E-state index contributed by atoms with van der Waals surface area (Å²) < 4.78 is 0. The number of rotatable bonds is 4. The molecule has 1 saturated carbocycles. The molecule has 3 N–H and O–H groups in total. The highest BCUT2D eigenvalue weighted by Gasteiger charge is 2.28. The zero-order chi connectivity index (χ0) is 13.1. The first-order valence-electron chi connectivity index (χ1n) is 6.78. The summed E-state index contributed by atoms with van der Waals surface area (Å²) in [5, 5.41) is 22.8. The van der Waals surface area contributed by atoms with E-state index >= 15 is 0 Å². The Morgan fingerprint density at radius 2 is 2.17 bits per heavy atom. The molecule has 0 radical (unpaired) electrons. The molecule has 3 unspecified atom stereocenters. The van der Waals surface area contributed by atoms with E-state index in [9.17, 15) is 10.2 Å². The molecule has 1 aliphatic rings. The van der Waals surface area contributed by atoms with Gasteiger partial charge in [0.15, 0.2) is 0 Å². The smallest absolute Gasteiger partial charge is 0.120 e. The summed E-state index contributed by atoms with van der Waals surface area (Å²) in [7, 11) is 0. The molecule has 3 atom stereocenters. The molecule has 1 fully saturated rings. The fraction of sp³-hybridized carbons (Fsp3) is 0.600. The lowest BCUT2D eigenvalue weighted by Gasteiger charge is -2.24. The third-order valence-corrected chi connectivity index (χ3v) is 4.01. The lowest BCUT2D eigenvalue weighted by atomic mass is 10.0. The molecule has 0 amide bonds. The van der Waals surface area contributed by atoms with E-state index in [1.165, 1.54) is 6.42 Å². The first kappa shape index (κ1) is 13.4. The van der Waals surface area contributed by atoms with E-state index in [0.717, 1.165) is 24.0 Å². The molecular formula is C15H23NO2. The number of phenols is 1. The summed E-state index contributed by atoms with van der Waals surface area (Å²) in [5.41, 5.74) is 2.00. The van der Waals surface area contributed by atoms with Gasteiger partial charge in [-0.15, -0.1) is 0 Å². The van der Waals surface area contributed by atoms with Gasteiger partial charge in [-0.05, 0) is 44.2 Å². The van der Waals surface area contributed by atoms with Gasteiger partial charge in [-0.2, -0.15) is 0 Å². The van der Waals surface area contributed by atoms with Crippen molar-refractivity contribution in [3.8, 4) is 5.75 Å². The molecule has 0 spiro atoms. The van der Waals surface area contributed by atoms with Crippen molar-refractivity contribution in [1.82, 2.24) is 5.32 Å². The average Bonchev–Trinajstić information content (AvgIpc) is 2.76. The minimum atomic E-state index is 0.114. The van der Waals surface area contributed by atoms with E-state index in [0.29, 0.717) is 17.7 Å². The van der Waals surface area contributed by atoms with Gasteiger partial charge >= 0.3 is 0 Å². The molecule has 100 valence electrons. The van der Waals surface area contributed by atoms with Gasteiger partial charge in [0.25, 0.3) is 0 Å². The number of hydrogen-bond acceptors (Lipinski definition) is 3. The monoisotopic (exact) mass is 249 g/mol. The molecule has 0 aromatic heterocycles. The lowest BCUT2D eigenvalue weighted by Crippen LogP contribution is -2.35. The average molecular weight is 249 g/mol. The molecule has 3 nitrogen and oxygen atoms in total. The van der Waals surface area contributed by atoms with E-state index in [2.05, 4.69) is 12.2 Å². The minimum absolute atomic E-state index is 0.114. The fourth-order valence-corrected chi connectivity index (χ4v) is 2.91. The zero-order valence-corrected chi connectivity index (χ0v) is 11.2. The topological polar surface area (TPSA) is 52.5 Å². The molecule has 3 heteroatoms. The van der Waals surface area contributed by atoms with Gasteiger partial charge in [0.05, 0.1) is 0 Å². The quantitative estimate of drug-likeness (QED) is 0.768. The van der Waals surface area contributed by atoms with Crippen LogP contribution in [0.1, 0.15) is 43.4 Å². The highest BCUT2D eigenvalue weighted by atomic mass is 16.3. The number of aryl methyl sites for hydroxylation is 1. The van der Waals surface area contributed by atoms with Crippen LogP contribution in [0.15, 0.2) is 18.2 Å². The van der Waals surface area contributed by atoms with Crippen LogP contribution in [0.25, 0.3) is 0 Å². The largest absolute Gasteiger partial charge is 0.508 e. The van der Waals surface area contributed by atoms with Crippen molar-refractivity contribution in [1.29, 1.82) is 0 Å². The van der Waals surface area contributed by atoms with Crippen molar-refractivity contribution < 1.29 is 10.2 Å².